The van der Waals surface area contributed by atoms with Crippen molar-refractivity contribution in [2.24, 2.45) is 5.41 Å². The van der Waals surface area contributed by atoms with Crippen LogP contribution >= 0.6 is 11.3 Å². The fourth-order valence-electron chi connectivity index (χ4n) is 3.73. The third-order valence-electron chi connectivity index (χ3n) is 5.68. The van der Waals surface area contributed by atoms with Crippen LogP contribution in [0.5, 0.6) is 5.75 Å². The summed E-state index contributed by atoms with van der Waals surface area (Å²) in [4.78, 5) is 18.4. The lowest BCUT2D eigenvalue weighted by molar-refractivity contribution is -0.123. The minimum absolute atomic E-state index is 0.0853. The van der Waals surface area contributed by atoms with E-state index in [0.717, 1.165) is 53.4 Å². The lowest BCUT2D eigenvalue weighted by Gasteiger charge is -2.23. The number of hydrogen-bond donors (Lipinski definition) is 1. The van der Waals surface area contributed by atoms with Gasteiger partial charge in [-0.15, -0.1) is 11.3 Å². The summed E-state index contributed by atoms with van der Waals surface area (Å²) in [6.07, 6.45) is 2.50. The van der Waals surface area contributed by atoms with Gasteiger partial charge in [-0.3, -0.25) is 4.79 Å². The molecule has 1 atom stereocenters. The lowest BCUT2D eigenvalue weighted by atomic mass is 9.85. The van der Waals surface area contributed by atoms with Crippen molar-refractivity contribution in [2.45, 2.75) is 51.9 Å². The Morgan fingerprint density at radius 2 is 1.69 bits per heavy atom. The topological polar surface area (TPSA) is 71.5 Å². The zero-order valence-electron chi connectivity index (χ0n) is 21.2. The molecule has 0 aliphatic carbocycles. The highest BCUT2D eigenvalue weighted by Gasteiger charge is 2.29. The number of nitrogens with one attached hydrogen (secondary N) is 1. The Morgan fingerprint density at radius 1 is 1.06 bits per heavy atom. The number of amides is 1. The minimum atomic E-state index is -1.16. The first-order valence-corrected chi connectivity index (χ1v) is 13.9. The highest BCUT2D eigenvalue weighted by atomic mass is 32.2. The predicted molar refractivity (Wildman–Crippen MR) is 145 cm³/mol. The first-order valence-electron chi connectivity index (χ1n) is 11.9. The van der Waals surface area contributed by atoms with Gasteiger partial charge in [-0.1, -0.05) is 39.8 Å². The average molecular weight is 514 g/mol. The number of rotatable bonds is 12. The zero-order valence-corrected chi connectivity index (χ0v) is 22.8. The van der Waals surface area contributed by atoms with E-state index in [4.69, 9.17) is 4.74 Å². The molecular weight excluding hydrogens is 478 g/mol. The number of carbonyl (C=O) groups excluding carboxylic acids is 1. The summed E-state index contributed by atoms with van der Waals surface area (Å²) < 4.78 is 20.1. The highest BCUT2D eigenvalue weighted by molar-refractivity contribution is 7.82. The molecule has 35 heavy (non-hydrogen) atoms. The van der Waals surface area contributed by atoms with E-state index in [2.05, 4.69) is 24.1 Å². The molecule has 0 saturated heterocycles. The monoisotopic (exact) mass is 513 g/mol. The Labute approximate surface area is 215 Å². The number of nitrogens with zero attached hydrogens (tertiary/aromatic N) is 2. The van der Waals surface area contributed by atoms with Gasteiger partial charge in [-0.2, -0.15) is 0 Å². The van der Waals surface area contributed by atoms with Gasteiger partial charge in [0.2, 0.25) is 5.91 Å². The van der Waals surface area contributed by atoms with Gasteiger partial charge in [0.25, 0.3) is 0 Å². The number of anilines is 1. The number of aromatic nitrogens is 1. The van der Waals surface area contributed by atoms with E-state index in [0.29, 0.717) is 11.6 Å². The summed E-state index contributed by atoms with van der Waals surface area (Å²) in [6.45, 7) is 9.68. The summed E-state index contributed by atoms with van der Waals surface area (Å²) in [5.41, 5.74) is 2.18. The molecule has 0 aliphatic heterocycles. The van der Waals surface area contributed by atoms with Gasteiger partial charge >= 0.3 is 0 Å². The molecule has 0 radical (unpaired) electrons. The summed E-state index contributed by atoms with van der Waals surface area (Å²) in [5, 5.41) is 5.49. The Balaban J connectivity index is 1.63. The van der Waals surface area contributed by atoms with Crippen molar-refractivity contribution in [3.8, 4) is 17.0 Å². The molecule has 188 valence electrons. The first-order chi connectivity index (χ1) is 16.8. The molecule has 1 N–H and O–H groups in total. The van der Waals surface area contributed by atoms with Crippen LogP contribution < -0.4 is 10.1 Å². The number of benzene rings is 2. The number of hydrogen-bond acceptors (Lipinski definition) is 5. The Bertz CT molecular complexity index is 1120. The molecular formula is C27H35N3O3S2. The molecule has 0 aliphatic rings. The van der Waals surface area contributed by atoms with Gasteiger partial charge in [0.05, 0.1) is 17.7 Å². The Hall–Kier alpha value is -2.55. The van der Waals surface area contributed by atoms with E-state index < -0.39 is 16.4 Å². The van der Waals surface area contributed by atoms with Crippen LogP contribution in [0.15, 0.2) is 58.8 Å². The fourth-order valence-corrected chi connectivity index (χ4v) is 5.81. The summed E-state index contributed by atoms with van der Waals surface area (Å²) in [7, 11) is 0.473. The maximum absolute atomic E-state index is 13.1. The lowest BCUT2D eigenvalue weighted by Crippen LogP contribution is -2.32. The standard InChI is InChI=1S/C27H35N3O3S2/c1-6-16-30(17-7-2)35(32)23-14-8-20(9-15-23)18-27(3,4)25(31)29-26-28-24(19-34-26)21-10-12-22(33-5)13-11-21/h8-15,19H,6-7,16-18H2,1-5H3,(H,28,29,31). The third-order valence-corrected chi connectivity index (χ3v) is 7.94. The van der Waals surface area contributed by atoms with Crippen LogP contribution in [-0.2, 0) is 22.2 Å². The highest BCUT2D eigenvalue weighted by Crippen LogP contribution is 2.29. The van der Waals surface area contributed by atoms with E-state index in [1.807, 2.05) is 72.1 Å². The van der Waals surface area contributed by atoms with Crippen LogP contribution in [0, 0.1) is 5.41 Å². The normalized spacial score (nSPS) is 12.5. The molecule has 1 heterocycles. The summed E-state index contributed by atoms with van der Waals surface area (Å²) in [6, 6.07) is 15.5. The van der Waals surface area contributed by atoms with Crippen molar-refractivity contribution in [2.75, 3.05) is 25.5 Å². The van der Waals surface area contributed by atoms with Crippen molar-refractivity contribution >= 4 is 33.4 Å². The van der Waals surface area contributed by atoms with Crippen molar-refractivity contribution in [1.82, 2.24) is 9.29 Å². The molecule has 0 fully saturated rings. The third kappa shape index (κ3) is 7.22. The van der Waals surface area contributed by atoms with E-state index in [-0.39, 0.29) is 5.91 Å². The van der Waals surface area contributed by atoms with Crippen LogP contribution in [0.3, 0.4) is 0 Å². The maximum Gasteiger partial charge on any atom is 0.232 e. The van der Waals surface area contributed by atoms with Crippen LogP contribution in [0.25, 0.3) is 11.3 Å². The minimum Gasteiger partial charge on any atom is -0.497 e. The number of carbonyl (C=O) groups is 1. The van der Waals surface area contributed by atoms with Crippen LogP contribution in [0.4, 0.5) is 5.13 Å². The molecule has 8 heteroatoms. The Morgan fingerprint density at radius 3 is 2.26 bits per heavy atom. The average Bonchev–Trinajstić information content (AvgIpc) is 3.32. The molecule has 2 aromatic carbocycles. The summed E-state index contributed by atoms with van der Waals surface area (Å²) in [5.74, 6) is 0.704. The van der Waals surface area contributed by atoms with Gasteiger partial charge < -0.3 is 10.1 Å². The molecule has 3 aromatic rings. The number of ether oxygens (including phenoxy) is 1. The zero-order chi connectivity index (χ0) is 25.4. The quantitative estimate of drug-likeness (QED) is 0.314. The van der Waals surface area contributed by atoms with E-state index in [9.17, 15) is 9.00 Å². The molecule has 1 unspecified atom stereocenters. The summed E-state index contributed by atoms with van der Waals surface area (Å²) >= 11 is 1.41. The second-order valence-electron chi connectivity index (χ2n) is 9.10. The molecule has 3 rings (SSSR count). The smallest absolute Gasteiger partial charge is 0.232 e. The van der Waals surface area contributed by atoms with E-state index >= 15 is 0 Å². The molecule has 1 amide bonds. The SMILES string of the molecule is CCCN(CCC)S(=O)c1ccc(CC(C)(C)C(=O)Nc2nc(-c3ccc(OC)cc3)cs2)cc1. The predicted octanol–water partition coefficient (Wildman–Crippen LogP) is 6.17. The van der Waals surface area contributed by atoms with Gasteiger partial charge in [-0.05, 0) is 61.2 Å². The second kappa shape index (κ2) is 12.4. The van der Waals surface area contributed by atoms with Gasteiger partial charge in [0, 0.05) is 29.4 Å². The molecule has 1 aromatic heterocycles. The number of thiazole rings is 1. The second-order valence-corrected chi connectivity index (χ2v) is 11.4. The number of methoxy groups -OCH3 is 1. The van der Waals surface area contributed by atoms with Crippen LogP contribution in [-0.4, -0.2) is 39.6 Å². The molecule has 6 nitrogen and oxygen atoms in total. The van der Waals surface area contributed by atoms with E-state index in [1.165, 1.54) is 11.3 Å². The van der Waals surface area contributed by atoms with Gasteiger partial charge in [0.15, 0.2) is 5.13 Å². The van der Waals surface area contributed by atoms with Crippen molar-refractivity contribution in [1.29, 1.82) is 0 Å². The maximum atomic E-state index is 13.1. The first kappa shape index (κ1) is 27.0. The van der Waals surface area contributed by atoms with Crippen LogP contribution in [0.2, 0.25) is 0 Å². The van der Waals surface area contributed by atoms with Gasteiger partial charge in [-0.25, -0.2) is 13.5 Å². The largest absolute Gasteiger partial charge is 0.497 e. The van der Waals surface area contributed by atoms with Crippen molar-refractivity contribution < 1.29 is 13.7 Å². The van der Waals surface area contributed by atoms with Crippen molar-refractivity contribution in [3.63, 3.8) is 0 Å². The molecule has 0 saturated carbocycles. The Kier molecular flexibility index (Phi) is 9.60. The van der Waals surface area contributed by atoms with E-state index in [1.54, 1.807) is 7.11 Å². The fraction of sp³-hybridized carbons (Fsp3) is 0.407. The molecule has 0 bridgehead atoms. The van der Waals surface area contributed by atoms with Gasteiger partial charge in [0.1, 0.15) is 16.7 Å². The molecule has 0 spiro atoms. The van der Waals surface area contributed by atoms with Crippen molar-refractivity contribution in [3.05, 3.63) is 59.5 Å². The van der Waals surface area contributed by atoms with Crippen LogP contribution in [0.1, 0.15) is 46.1 Å².